The van der Waals surface area contributed by atoms with E-state index in [0.29, 0.717) is 35.8 Å². The van der Waals surface area contributed by atoms with Gasteiger partial charge in [0.25, 0.3) is 11.1 Å². The molecule has 0 saturated carbocycles. The van der Waals surface area contributed by atoms with Gasteiger partial charge in [-0.2, -0.15) is 0 Å². The molecule has 0 aromatic heterocycles. The van der Waals surface area contributed by atoms with Crippen molar-refractivity contribution in [2.75, 3.05) is 19.8 Å². The van der Waals surface area contributed by atoms with E-state index >= 15 is 0 Å². The molecule has 0 unspecified atom stereocenters. The number of imide groups is 1. The number of carbonyl (C=O) groups excluding carboxylic acids is 3. The predicted octanol–water partition coefficient (Wildman–Crippen LogP) is 6.16. The Bertz CT molecular complexity index is 1070. The molecule has 0 atom stereocenters. The second-order valence-corrected chi connectivity index (χ2v) is 9.88. The number of nitrogens with zero attached hydrogens (tertiary/aromatic N) is 1. The summed E-state index contributed by atoms with van der Waals surface area (Å²) < 4.78 is 13.2. The lowest BCUT2D eigenvalue weighted by Gasteiger charge is -2.14. The average molecular weight is 630 g/mol. The smallest absolute Gasteiger partial charge is 0.293 e. The topological polar surface area (TPSA) is 72.9 Å². The first-order valence-corrected chi connectivity index (χ1v) is 12.7. The van der Waals surface area contributed by atoms with Crippen molar-refractivity contribution in [3.8, 4) is 11.5 Å². The summed E-state index contributed by atoms with van der Waals surface area (Å²) in [5.41, 5.74) is 1.15. The van der Waals surface area contributed by atoms with Crippen molar-refractivity contribution < 1.29 is 23.9 Å². The molecule has 1 heterocycles. The minimum Gasteiger partial charge on any atom is -0.490 e. The molecule has 9 heteroatoms. The number of rotatable bonds is 9. The monoisotopic (exact) mass is 629 g/mol. The number of hydrogen-bond acceptors (Lipinski definition) is 6. The first-order chi connectivity index (χ1) is 15.3. The van der Waals surface area contributed by atoms with E-state index < -0.39 is 11.1 Å². The lowest BCUT2D eigenvalue weighted by molar-refractivity contribution is -0.122. The Kier molecular flexibility index (Phi) is 8.78. The Labute approximate surface area is 213 Å². The van der Waals surface area contributed by atoms with Crippen LogP contribution in [0.15, 0.2) is 45.8 Å². The van der Waals surface area contributed by atoms with Crippen LogP contribution in [0.2, 0.25) is 0 Å². The standard InChI is InChI=1S/C23H21BrINO5S/c1-3-9-31-21-17(25)10-14(11-19(21)30-4-2)12-20-22(28)26(23(29)32-20)13-18(27)15-5-7-16(24)8-6-15/h5-8,10-12H,3-4,9,13H2,1-2H3/b20-12-. The largest absolute Gasteiger partial charge is 0.490 e. The fourth-order valence-corrected chi connectivity index (χ4v) is 4.82. The fourth-order valence-electron chi connectivity index (χ4n) is 2.94. The Balaban J connectivity index is 1.82. The summed E-state index contributed by atoms with van der Waals surface area (Å²) in [5.74, 6) is 0.472. The van der Waals surface area contributed by atoms with Crippen LogP contribution in [0, 0.1) is 3.57 Å². The van der Waals surface area contributed by atoms with Gasteiger partial charge in [0, 0.05) is 10.0 Å². The number of thioether (sulfide) groups is 1. The minimum atomic E-state index is -0.482. The third-order valence-electron chi connectivity index (χ3n) is 4.42. The zero-order chi connectivity index (χ0) is 23.3. The molecule has 1 aliphatic heterocycles. The van der Waals surface area contributed by atoms with Crippen molar-refractivity contribution in [1.82, 2.24) is 4.90 Å². The predicted molar refractivity (Wildman–Crippen MR) is 137 cm³/mol. The van der Waals surface area contributed by atoms with Crippen molar-refractivity contribution in [1.29, 1.82) is 0 Å². The molecule has 6 nitrogen and oxygen atoms in total. The number of hydrogen-bond donors (Lipinski definition) is 0. The van der Waals surface area contributed by atoms with Gasteiger partial charge in [-0.1, -0.05) is 35.0 Å². The molecule has 1 saturated heterocycles. The van der Waals surface area contributed by atoms with Crippen molar-refractivity contribution in [3.63, 3.8) is 0 Å². The molecule has 32 heavy (non-hydrogen) atoms. The van der Waals surface area contributed by atoms with E-state index in [1.54, 1.807) is 36.4 Å². The van der Waals surface area contributed by atoms with Gasteiger partial charge in [0.05, 0.1) is 28.2 Å². The van der Waals surface area contributed by atoms with Crippen LogP contribution in [0.1, 0.15) is 36.2 Å². The Morgan fingerprint density at radius 2 is 1.88 bits per heavy atom. The first-order valence-electron chi connectivity index (χ1n) is 9.97. The molecule has 0 aliphatic carbocycles. The van der Waals surface area contributed by atoms with E-state index in [9.17, 15) is 14.4 Å². The highest BCUT2D eigenvalue weighted by atomic mass is 127. The summed E-state index contributed by atoms with van der Waals surface area (Å²) in [7, 11) is 0. The summed E-state index contributed by atoms with van der Waals surface area (Å²) in [6.45, 7) is 4.66. The quantitative estimate of drug-likeness (QED) is 0.188. The van der Waals surface area contributed by atoms with E-state index in [1.807, 2.05) is 19.9 Å². The number of ether oxygens (including phenoxy) is 2. The highest BCUT2D eigenvalue weighted by Gasteiger charge is 2.36. The highest BCUT2D eigenvalue weighted by molar-refractivity contribution is 14.1. The van der Waals surface area contributed by atoms with Crippen LogP contribution in [-0.4, -0.2) is 41.6 Å². The van der Waals surface area contributed by atoms with Gasteiger partial charge in [0.2, 0.25) is 0 Å². The maximum Gasteiger partial charge on any atom is 0.293 e. The number of benzene rings is 2. The number of Topliss-reactive ketones (excluding diaryl/α,β-unsaturated/α-hetero) is 1. The van der Waals surface area contributed by atoms with Gasteiger partial charge >= 0.3 is 0 Å². The van der Waals surface area contributed by atoms with E-state index in [1.165, 1.54) is 0 Å². The van der Waals surface area contributed by atoms with Crippen molar-refractivity contribution in [2.24, 2.45) is 0 Å². The van der Waals surface area contributed by atoms with E-state index in [4.69, 9.17) is 9.47 Å². The molecule has 3 rings (SSSR count). The number of halogens is 2. The summed E-state index contributed by atoms with van der Waals surface area (Å²) in [6, 6.07) is 10.5. The van der Waals surface area contributed by atoms with Gasteiger partial charge in [-0.25, -0.2) is 0 Å². The number of amides is 2. The third-order valence-corrected chi connectivity index (χ3v) is 6.66. The van der Waals surface area contributed by atoms with Crippen molar-refractivity contribution >= 4 is 73.3 Å². The van der Waals surface area contributed by atoms with Gasteiger partial charge in [-0.3, -0.25) is 19.3 Å². The second kappa shape index (κ2) is 11.3. The Hall–Kier alpha value is -1.85. The fraction of sp³-hybridized carbons (Fsp3) is 0.261. The normalized spacial score (nSPS) is 14.9. The molecule has 168 valence electrons. The van der Waals surface area contributed by atoms with Crippen LogP contribution in [-0.2, 0) is 4.79 Å². The number of ketones is 1. The summed E-state index contributed by atoms with van der Waals surface area (Å²) in [4.78, 5) is 39.1. The molecule has 2 amide bonds. The lowest BCUT2D eigenvalue weighted by Crippen LogP contribution is -2.33. The Morgan fingerprint density at radius 1 is 1.16 bits per heavy atom. The molecule has 1 aliphatic rings. The van der Waals surface area contributed by atoms with Crippen LogP contribution < -0.4 is 9.47 Å². The van der Waals surface area contributed by atoms with Crippen molar-refractivity contribution in [2.45, 2.75) is 20.3 Å². The van der Waals surface area contributed by atoms with Gasteiger partial charge in [-0.15, -0.1) is 0 Å². The second-order valence-electron chi connectivity index (χ2n) is 6.81. The van der Waals surface area contributed by atoms with Crippen LogP contribution in [0.3, 0.4) is 0 Å². The van der Waals surface area contributed by atoms with Gasteiger partial charge in [0.1, 0.15) is 0 Å². The van der Waals surface area contributed by atoms with Gasteiger partial charge in [-0.05, 0) is 83.6 Å². The maximum absolute atomic E-state index is 12.8. The maximum atomic E-state index is 12.8. The minimum absolute atomic E-state index is 0.263. The van der Waals surface area contributed by atoms with Crippen molar-refractivity contribution in [3.05, 3.63) is 60.5 Å². The average Bonchev–Trinajstić information content (AvgIpc) is 3.01. The molecule has 2 aromatic carbocycles. The molecule has 0 radical (unpaired) electrons. The summed E-state index contributed by atoms with van der Waals surface area (Å²) in [6.07, 6.45) is 2.51. The third kappa shape index (κ3) is 5.93. The SMILES string of the molecule is CCCOc1c(I)cc(/C=C2\SC(=O)N(CC(=O)c3ccc(Br)cc3)C2=O)cc1OCC. The zero-order valence-electron chi connectivity index (χ0n) is 17.5. The molecule has 0 bridgehead atoms. The Morgan fingerprint density at radius 3 is 2.53 bits per heavy atom. The number of carbonyl (C=O) groups is 3. The molecule has 1 fully saturated rings. The molecular weight excluding hydrogens is 609 g/mol. The van der Waals surface area contributed by atoms with Crippen LogP contribution in [0.4, 0.5) is 4.79 Å². The first kappa shape index (κ1) is 24.8. The lowest BCUT2D eigenvalue weighted by atomic mass is 10.1. The highest BCUT2D eigenvalue weighted by Crippen LogP contribution is 2.37. The zero-order valence-corrected chi connectivity index (χ0v) is 22.1. The van der Waals surface area contributed by atoms with Crippen LogP contribution in [0.25, 0.3) is 6.08 Å². The van der Waals surface area contributed by atoms with E-state index in [2.05, 4.69) is 38.5 Å². The van der Waals surface area contributed by atoms with E-state index in [-0.39, 0.29) is 17.2 Å². The van der Waals surface area contributed by atoms with Crippen LogP contribution in [0.5, 0.6) is 11.5 Å². The molecule has 2 aromatic rings. The molecule has 0 N–H and O–H groups in total. The van der Waals surface area contributed by atoms with Crippen LogP contribution >= 0.6 is 50.3 Å². The van der Waals surface area contributed by atoms with Gasteiger partial charge < -0.3 is 9.47 Å². The van der Waals surface area contributed by atoms with Gasteiger partial charge in [0.15, 0.2) is 17.3 Å². The summed E-state index contributed by atoms with van der Waals surface area (Å²) >= 11 is 6.31. The summed E-state index contributed by atoms with van der Waals surface area (Å²) in [5, 5.41) is -0.464. The molecular formula is C23H21BrINO5S. The van der Waals surface area contributed by atoms with E-state index in [0.717, 1.165) is 31.1 Å². The molecule has 0 spiro atoms.